The predicted octanol–water partition coefficient (Wildman–Crippen LogP) is 8.69. The maximum absolute atomic E-state index is 12.4. The molecule has 210 valence electrons. The zero-order chi connectivity index (χ0) is 25.8. The van der Waals surface area contributed by atoms with E-state index >= 15 is 0 Å². The summed E-state index contributed by atoms with van der Waals surface area (Å²) in [6, 6.07) is 0. The molecule has 0 amide bonds. The summed E-state index contributed by atoms with van der Waals surface area (Å²) in [5, 5.41) is 9.17. The van der Waals surface area contributed by atoms with Crippen LogP contribution < -0.4 is 0 Å². The molecule has 1 atom stereocenters. The summed E-state index contributed by atoms with van der Waals surface area (Å²) in [7, 11) is 0. The molecular weight excluding hydrogens is 434 g/mol. The van der Waals surface area contributed by atoms with Crippen molar-refractivity contribution in [3.8, 4) is 0 Å². The number of esters is 1. The summed E-state index contributed by atoms with van der Waals surface area (Å²) in [6.07, 6.45) is 25.3. The second-order valence-electron chi connectivity index (χ2n) is 10.7. The first-order valence-corrected chi connectivity index (χ1v) is 15.7. The first kappa shape index (κ1) is 34.4. The molecule has 35 heavy (non-hydrogen) atoms. The van der Waals surface area contributed by atoms with Gasteiger partial charge in [0.2, 0.25) is 0 Å². The molecule has 0 heterocycles. The number of nitrogens with zero attached hydrogens (tertiary/aromatic N) is 1. The number of unbranched alkanes of at least 4 members (excludes halogenated alkanes) is 13. The van der Waals surface area contributed by atoms with Crippen LogP contribution in [0.3, 0.4) is 0 Å². The van der Waals surface area contributed by atoms with Gasteiger partial charge in [0.25, 0.3) is 0 Å². The van der Waals surface area contributed by atoms with Crippen LogP contribution in [-0.2, 0) is 9.53 Å². The Morgan fingerprint density at radius 3 is 1.66 bits per heavy atom. The van der Waals surface area contributed by atoms with E-state index in [2.05, 4.69) is 25.7 Å². The fourth-order valence-electron chi connectivity index (χ4n) is 4.84. The molecule has 0 rings (SSSR count). The lowest BCUT2D eigenvalue weighted by Gasteiger charge is -2.22. The lowest BCUT2D eigenvalue weighted by molar-refractivity contribution is -0.145. The van der Waals surface area contributed by atoms with Crippen LogP contribution in [0, 0.1) is 5.92 Å². The molecule has 0 aliphatic rings. The molecule has 4 nitrogen and oxygen atoms in total. The summed E-state index contributed by atoms with van der Waals surface area (Å²) >= 11 is 0. The molecule has 0 aromatic rings. The summed E-state index contributed by atoms with van der Waals surface area (Å²) in [5.74, 6) is 0.554. The van der Waals surface area contributed by atoms with Crippen LogP contribution in [0.2, 0.25) is 0 Å². The van der Waals surface area contributed by atoms with E-state index in [4.69, 9.17) is 4.74 Å². The molecule has 0 saturated carbocycles. The molecule has 1 N–H and O–H groups in total. The SMILES string of the molecule is CCCCCCCCC(CCCCCC)COC(=O)CCCCCN(CCCO)CCCCCC. The summed E-state index contributed by atoms with van der Waals surface area (Å²) in [5.41, 5.74) is 0. The van der Waals surface area contributed by atoms with Crippen LogP contribution in [0.15, 0.2) is 0 Å². The van der Waals surface area contributed by atoms with Crippen molar-refractivity contribution in [1.29, 1.82) is 0 Å². The quantitative estimate of drug-likeness (QED) is 0.0867. The van der Waals surface area contributed by atoms with Crippen LogP contribution in [0.5, 0.6) is 0 Å². The monoisotopic (exact) mass is 497 g/mol. The topological polar surface area (TPSA) is 49.8 Å². The average Bonchev–Trinajstić information content (AvgIpc) is 2.86. The van der Waals surface area contributed by atoms with Gasteiger partial charge in [0.15, 0.2) is 0 Å². The zero-order valence-electron chi connectivity index (χ0n) is 24.2. The van der Waals surface area contributed by atoms with Gasteiger partial charge in [0.05, 0.1) is 6.61 Å². The minimum absolute atomic E-state index is 0.00297. The van der Waals surface area contributed by atoms with Crippen molar-refractivity contribution in [2.24, 2.45) is 5.92 Å². The Balaban J connectivity index is 4.08. The van der Waals surface area contributed by atoms with Gasteiger partial charge in [-0.3, -0.25) is 4.79 Å². The van der Waals surface area contributed by atoms with Gasteiger partial charge in [-0.1, -0.05) is 111 Å². The van der Waals surface area contributed by atoms with Crippen LogP contribution in [0.25, 0.3) is 0 Å². The minimum Gasteiger partial charge on any atom is -0.465 e. The van der Waals surface area contributed by atoms with Gasteiger partial charge in [0, 0.05) is 19.6 Å². The zero-order valence-corrected chi connectivity index (χ0v) is 24.2. The van der Waals surface area contributed by atoms with Crippen molar-refractivity contribution in [3.05, 3.63) is 0 Å². The van der Waals surface area contributed by atoms with E-state index in [0.717, 1.165) is 45.3 Å². The first-order chi connectivity index (χ1) is 17.2. The Labute approximate surface area is 220 Å². The van der Waals surface area contributed by atoms with Crippen molar-refractivity contribution < 1.29 is 14.6 Å². The lowest BCUT2D eigenvalue weighted by atomic mass is 9.95. The van der Waals surface area contributed by atoms with Gasteiger partial charge in [-0.15, -0.1) is 0 Å². The number of hydrogen-bond donors (Lipinski definition) is 1. The second-order valence-corrected chi connectivity index (χ2v) is 10.7. The molecule has 0 fully saturated rings. The molecule has 0 spiro atoms. The smallest absolute Gasteiger partial charge is 0.305 e. The fraction of sp³-hybridized carbons (Fsp3) is 0.968. The van der Waals surface area contributed by atoms with E-state index in [-0.39, 0.29) is 12.6 Å². The number of hydrogen-bond acceptors (Lipinski definition) is 4. The average molecular weight is 498 g/mol. The highest BCUT2D eigenvalue weighted by molar-refractivity contribution is 5.69. The molecule has 0 aliphatic heterocycles. The normalized spacial score (nSPS) is 12.4. The minimum atomic E-state index is 0.00297. The maximum Gasteiger partial charge on any atom is 0.305 e. The molecule has 0 bridgehead atoms. The molecule has 0 aromatic heterocycles. The highest BCUT2D eigenvalue weighted by Gasteiger charge is 2.12. The van der Waals surface area contributed by atoms with Gasteiger partial charge in [-0.2, -0.15) is 0 Å². The van der Waals surface area contributed by atoms with E-state index in [1.54, 1.807) is 0 Å². The second kappa shape index (κ2) is 28.0. The standard InChI is InChI=1S/C31H63NO3/c1-4-7-10-13-14-17-23-30(22-16-11-8-5-2)29-35-31(34)24-18-15-20-26-32(27-21-28-33)25-19-12-9-6-3/h30,33H,4-29H2,1-3H3. The van der Waals surface area contributed by atoms with Crippen LogP contribution in [0.4, 0.5) is 0 Å². The Hall–Kier alpha value is -0.610. The molecule has 0 aliphatic carbocycles. The summed E-state index contributed by atoms with van der Waals surface area (Å²) in [6.45, 7) is 10.9. The van der Waals surface area contributed by atoms with Crippen LogP contribution in [0.1, 0.15) is 156 Å². The molecule has 4 heteroatoms. The third-order valence-electron chi connectivity index (χ3n) is 7.23. The lowest BCUT2D eigenvalue weighted by Crippen LogP contribution is -2.28. The molecule has 0 aromatic carbocycles. The van der Waals surface area contributed by atoms with Crippen molar-refractivity contribution in [3.63, 3.8) is 0 Å². The van der Waals surface area contributed by atoms with Gasteiger partial charge in [-0.05, 0) is 57.5 Å². The number of rotatable bonds is 28. The highest BCUT2D eigenvalue weighted by atomic mass is 16.5. The maximum atomic E-state index is 12.4. The molecule has 0 radical (unpaired) electrons. The van der Waals surface area contributed by atoms with Gasteiger partial charge >= 0.3 is 5.97 Å². The molecular formula is C31H63NO3. The largest absolute Gasteiger partial charge is 0.465 e. The van der Waals surface area contributed by atoms with E-state index in [9.17, 15) is 9.90 Å². The van der Waals surface area contributed by atoms with Crippen molar-refractivity contribution in [2.75, 3.05) is 32.8 Å². The van der Waals surface area contributed by atoms with Crippen molar-refractivity contribution in [2.45, 2.75) is 156 Å². The van der Waals surface area contributed by atoms with E-state index in [1.807, 2.05) is 0 Å². The van der Waals surface area contributed by atoms with Crippen molar-refractivity contribution >= 4 is 5.97 Å². The highest BCUT2D eigenvalue weighted by Crippen LogP contribution is 2.20. The molecule has 1 unspecified atom stereocenters. The Morgan fingerprint density at radius 2 is 1.09 bits per heavy atom. The third kappa shape index (κ3) is 24.8. The Bertz CT molecular complexity index is 429. The third-order valence-corrected chi connectivity index (χ3v) is 7.23. The predicted molar refractivity (Wildman–Crippen MR) is 152 cm³/mol. The van der Waals surface area contributed by atoms with Gasteiger partial charge in [0.1, 0.15) is 0 Å². The van der Waals surface area contributed by atoms with Crippen LogP contribution in [-0.4, -0.2) is 48.8 Å². The van der Waals surface area contributed by atoms with Gasteiger partial charge in [-0.25, -0.2) is 0 Å². The number of aliphatic hydroxyl groups is 1. The van der Waals surface area contributed by atoms with Crippen molar-refractivity contribution in [1.82, 2.24) is 4.90 Å². The number of carbonyl (C=O) groups is 1. The number of carbonyl (C=O) groups excluding carboxylic acids is 1. The summed E-state index contributed by atoms with van der Waals surface area (Å²) < 4.78 is 5.74. The Kier molecular flexibility index (Phi) is 27.5. The number of ether oxygens (including phenoxy) is 1. The van der Waals surface area contributed by atoms with Crippen LogP contribution >= 0.6 is 0 Å². The van der Waals surface area contributed by atoms with E-state index in [1.165, 1.54) is 103 Å². The Morgan fingerprint density at radius 1 is 0.629 bits per heavy atom. The molecule has 0 saturated heterocycles. The summed E-state index contributed by atoms with van der Waals surface area (Å²) in [4.78, 5) is 14.8. The fourth-order valence-corrected chi connectivity index (χ4v) is 4.84. The first-order valence-electron chi connectivity index (χ1n) is 15.7. The van der Waals surface area contributed by atoms with E-state index < -0.39 is 0 Å². The number of aliphatic hydroxyl groups excluding tert-OH is 1. The van der Waals surface area contributed by atoms with Gasteiger partial charge < -0.3 is 14.7 Å². The van der Waals surface area contributed by atoms with E-state index in [0.29, 0.717) is 18.9 Å².